The van der Waals surface area contributed by atoms with Crippen LogP contribution in [0.25, 0.3) is 0 Å². The Balaban J connectivity index is 2.03. The molecule has 2 rings (SSSR count). The maximum absolute atomic E-state index is 12.2. The van der Waals surface area contributed by atoms with E-state index in [0.29, 0.717) is 23.3 Å². The molecule has 2 unspecified atom stereocenters. The number of nitrogens with zero attached hydrogens (tertiary/aromatic N) is 1. The van der Waals surface area contributed by atoms with Crippen LogP contribution in [0.4, 0.5) is 5.82 Å². The lowest BCUT2D eigenvalue weighted by Crippen LogP contribution is -2.38. The highest BCUT2D eigenvalue weighted by Crippen LogP contribution is 2.24. The van der Waals surface area contributed by atoms with Gasteiger partial charge in [-0.25, -0.2) is 4.98 Å². The molecule has 1 heterocycles. The monoisotopic (exact) mass is 247 g/mol. The molecular weight excluding hydrogens is 226 g/mol. The third-order valence-corrected chi connectivity index (χ3v) is 3.56. The zero-order valence-electron chi connectivity index (χ0n) is 11.1. The zero-order chi connectivity index (χ0) is 13.0. The van der Waals surface area contributed by atoms with Crippen molar-refractivity contribution in [3.8, 4) is 0 Å². The normalized spacial score (nSPS) is 23.4. The minimum atomic E-state index is -0.0217. The van der Waals surface area contributed by atoms with Gasteiger partial charge in [-0.1, -0.05) is 19.8 Å². The summed E-state index contributed by atoms with van der Waals surface area (Å²) in [6, 6.07) is 3.91. The smallest absolute Gasteiger partial charge is 0.255 e. The summed E-state index contributed by atoms with van der Waals surface area (Å²) in [7, 11) is 1.78. The van der Waals surface area contributed by atoms with Crippen molar-refractivity contribution in [3.63, 3.8) is 0 Å². The van der Waals surface area contributed by atoms with Crippen LogP contribution < -0.4 is 10.6 Å². The van der Waals surface area contributed by atoms with Crippen LogP contribution in [0, 0.1) is 5.92 Å². The Kier molecular flexibility index (Phi) is 4.18. The van der Waals surface area contributed by atoms with Crippen molar-refractivity contribution in [3.05, 3.63) is 23.9 Å². The summed E-state index contributed by atoms with van der Waals surface area (Å²) >= 11 is 0. The molecule has 1 fully saturated rings. The fraction of sp³-hybridized carbons (Fsp3) is 0.571. The van der Waals surface area contributed by atoms with Crippen LogP contribution in [0.2, 0.25) is 0 Å². The lowest BCUT2D eigenvalue weighted by atomic mass is 9.87. The minimum absolute atomic E-state index is 0.0217. The number of anilines is 1. The predicted octanol–water partition coefficient (Wildman–Crippen LogP) is 2.43. The van der Waals surface area contributed by atoms with Crippen molar-refractivity contribution in [2.75, 3.05) is 12.4 Å². The molecule has 2 atom stereocenters. The molecule has 4 heteroatoms. The number of pyridine rings is 1. The van der Waals surface area contributed by atoms with Gasteiger partial charge in [0, 0.05) is 19.3 Å². The Hall–Kier alpha value is -1.58. The lowest BCUT2D eigenvalue weighted by Gasteiger charge is -2.27. The molecule has 2 N–H and O–H groups in total. The van der Waals surface area contributed by atoms with Gasteiger partial charge in [-0.2, -0.15) is 0 Å². The van der Waals surface area contributed by atoms with Crippen molar-refractivity contribution in [1.82, 2.24) is 10.3 Å². The first kappa shape index (κ1) is 12.9. The van der Waals surface area contributed by atoms with Gasteiger partial charge in [0.15, 0.2) is 0 Å². The van der Waals surface area contributed by atoms with E-state index in [1.807, 2.05) is 0 Å². The number of rotatable bonds is 3. The van der Waals surface area contributed by atoms with Crippen LogP contribution in [-0.2, 0) is 0 Å². The molecule has 1 saturated carbocycles. The molecule has 0 saturated heterocycles. The molecule has 0 spiro atoms. The molecule has 18 heavy (non-hydrogen) atoms. The summed E-state index contributed by atoms with van der Waals surface area (Å²) in [5.74, 6) is 1.33. The van der Waals surface area contributed by atoms with Gasteiger partial charge >= 0.3 is 0 Å². The number of hydrogen-bond acceptors (Lipinski definition) is 3. The van der Waals surface area contributed by atoms with Crippen molar-refractivity contribution in [2.24, 2.45) is 5.92 Å². The molecule has 1 amide bonds. The molecule has 0 bridgehead atoms. The van der Waals surface area contributed by atoms with Gasteiger partial charge in [0.1, 0.15) is 5.82 Å². The number of nitrogens with one attached hydrogen (secondary N) is 2. The molecule has 0 radical (unpaired) electrons. The van der Waals surface area contributed by atoms with Gasteiger partial charge in [0.05, 0.1) is 5.56 Å². The summed E-state index contributed by atoms with van der Waals surface area (Å²) in [6.45, 7) is 2.25. The Labute approximate surface area is 108 Å². The number of hydrogen-bond donors (Lipinski definition) is 2. The predicted molar refractivity (Wildman–Crippen MR) is 72.7 cm³/mol. The fourth-order valence-corrected chi connectivity index (χ4v) is 2.62. The fourth-order valence-electron chi connectivity index (χ4n) is 2.62. The molecule has 0 aromatic carbocycles. The van der Waals surface area contributed by atoms with Gasteiger partial charge in [-0.05, 0) is 30.9 Å². The summed E-state index contributed by atoms with van der Waals surface area (Å²) < 4.78 is 0. The second-order valence-electron chi connectivity index (χ2n) is 5.09. The molecule has 0 aliphatic heterocycles. The van der Waals surface area contributed by atoms with Crippen molar-refractivity contribution in [2.45, 2.75) is 38.6 Å². The molecule has 1 aromatic rings. The highest BCUT2D eigenvalue weighted by atomic mass is 16.1. The topological polar surface area (TPSA) is 54.0 Å². The maximum atomic E-state index is 12.2. The van der Waals surface area contributed by atoms with E-state index in [-0.39, 0.29) is 5.91 Å². The molecule has 1 aliphatic rings. The minimum Gasteiger partial charge on any atom is -0.372 e. The van der Waals surface area contributed by atoms with Gasteiger partial charge in [0.2, 0.25) is 0 Å². The Bertz CT molecular complexity index is 419. The Morgan fingerprint density at radius 1 is 1.44 bits per heavy atom. The number of carbonyl (C=O) groups is 1. The van der Waals surface area contributed by atoms with E-state index in [2.05, 4.69) is 22.5 Å². The van der Waals surface area contributed by atoms with E-state index in [1.54, 1.807) is 25.4 Å². The van der Waals surface area contributed by atoms with Crippen LogP contribution in [0.3, 0.4) is 0 Å². The first-order valence-corrected chi connectivity index (χ1v) is 6.64. The van der Waals surface area contributed by atoms with Crippen molar-refractivity contribution >= 4 is 11.7 Å². The van der Waals surface area contributed by atoms with E-state index in [1.165, 1.54) is 12.8 Å². The molecule has 98 valence electrons. The summed E-state index contributed by atoms with van der Waals surface area (Å²) in [4.78, 5) is 16.4. The van der Waals surface area contributed by atoms with Crippen LogP contribution in [0.5, 0.6) is 0 Å². The standard InChI is InChI=1S/C14H21N3O/c1-10-5-3-6-11(9-10)17-14(18)12-7-4-8-16-13(12)15-2/h4,7-8,10-11H,3,5-6,9H2,1-2H3,(H,15,16)(H,17,18). The SMILES string of the molecule is CNc1ncccc1C(=O)NC1CCCC(C)C1. The van der Waals surface area contributed by atoms with Gasteiger partial charge in [0.25, 0.3) is 5.91 Å². The van der Waals surface area contributed by atoms with Crippen LogP contribution in [0.1, 0.15) is 43.0 Å². The second kappa shape index (κ2) is 5.85. The highest BCUT2D eigenvalue weighted by molar-refractivity contribution is 5.98. The molecular formula is C14H21N3O. The average molecular weight is 247 g/mol. The number of aromatic nitrogens is 1. The van der Waals surface area contributed by atoms with E-state index in [4.69, 9.17) is 0 Å². The third kappa shape index (κ3) is 3.00. The quantitative estimate of drug-likeness (QED) is 0.862. The van der Waals surface area contributed by atoms with Crippen molar-refractivity contribution in [1.29, 1.82) is 0 Å². The molecule has 1 aromatic heterocycles. The first-order valence-electron chi connectivity index (χ1n) is 6.64. The van der Waals surface area contributed by atoms with Crippen LogP contribution >= 0.6 is 0 Å². The highest BCUT2D eigenvalue weighted by Gasteiger charge is 2.21. The average Bonchev–Trinajstić information content (AvgIpc) is 2.38. The Morgan fingerprint density at radius 2 is 2.28 bits per heavy atom. The van der Waals surface area contributed by atoms with E-state index >= 15 is 0 Å². The van der Waals surface area contributed by atoms with E-state index in [0.717, 1.165) is 12.8 Å². The van der Waals surface area contributed by atoms with Gasteiger partial charge in [-0.15, -0.1) is 0 Å². The maximum Gasteiger partial charge on any atom is 0.255 e. The summed E-state index contributed by atoms with van der Waals surface area (Å²) in [5.41, 5.74) is 0.623. The zero-order valence-corrected chi connectivity index (χ0v) is 11.1. The van der Waals surface area contributed by atoms with Crippen molar-refractivity contribution < 1.29 is 4.79 Å². The van der Waals surface area contributed by atoms with E-state index in [9.17, 15) is 4.79 Å². The first-order chi connectivity index (χ1) is 8.70. The largest absolute Gasteiger partial charge is 0.372 e. The summed E-state index contributed by atoms with van der Waals surface area (Å²) in [6.07, 6.45) is 6.34. The van der Waals surface area contributed by atoms with Crippen LogP contribution in [-0.4, -0.2) is 24.0 Å². The van der Waals surface area contributed by atoms with Crippen LogP contribution in [0.15, 0.2) is 18.3 Å². The third-order valence-electron chi connectivity index (χ3n) is 3.56. The second-order valence-corrected chi connectivity index (χ2v) is 5.09. The lowest BCUT2D eigenvalue weighted by molar-refractivity contribution is 0.0922. The molecule has 1 aliphatic carbocycles. The Morgan fingerprint density at radius 3 is 3.00 bits per heavy atom. The van der Waals surface area contributed by atoms with Gasteiger partial charge in [-0.3, -0.25) is 4.79 Å². The summed E-state index contributed by atoms with van der Waals surface area (Å²) in [5, 5.41) is 6.07. The van der Waals surface area contributed by atoms with E-state index < -0.39 is 0 Å². The number of carbonyl (C=O) groups excluding carboxylic acids is 1. The molecule has 4 nitrogen and oxygen atoms in total. The number of amides is 1. The van der Waals surface area contributed by atoms with Gasteiger partial charge < -0.3 is 10.6 Å².